The van der Waals surface area contributed by atoms with Gasteiger partial charge in [0.25, 0.3) is 0 Å². The highest BCUT2D eigenvalue weighted by atomic mass is 35.5. The summed E-state index contributed by atoms with van der Waals surface area (Å²) in [6.45, 7) is 1.58. The van der Waals surface area contributed by atoms with Crippen molar-refractivity contribution in [1.29, 1.82) is 0 Å². The van der Waals surface area contributed by atoms with Crippen molar-refractivity contribution in [3.63, 3.8) is 0 Å². The molecule has 4 nitrogen and oxygen atoms in total. The van der Waals surface area contributed by atoms with Crippen LogP contribution in [0.2, 0.25) is 5.02 Å². The number of methoxy groups -OCH3 is 1. The molecule has 1 aromatic heterocycles. The Morgan fingerprint density at radius 1 is 1.11 bits per heavy atom. The van der Waals surface area contributed by atoms with Crippen molar-refractivity contribution in [3.05, 3.63) is 70.2 Å². The molecule has 0 aliphatic heterocycles. The van der Waals surface area contributed by atoms with Crippen molar-refractivity contribution in [2.24, 2.45) is 0 Å². The number of aromatic nitrogens is 1. The molecule has 0 amide bonds. The fourth-order valence-corrected chi connectivity index (χ4v) is 3.83. The number of benzene rings is 2. The molecular formula is C21H24ClN3OS. The number of likely N-dealkylation sites (N-methyl/N-ethyl adjacent to an activating group) is 1. The summed E-state index contributed by atoms with van der Waals surface area (Å²) < 4.78 is 5.25. The molecule has 0 aliphatic carbocycles. The van der Waals surface area contributed by atoms with E-state index in [0.29, 0.717) is 0 Å². The maximum Gasteiger partial charge on any atom is 0.123 e. The van der Waals surface area contributed by atoms with Crippen LogP contribution in [0.25, 0.3) is 10.6 Å². The van der Waals surface area contributed by atoms with Gasteiger partial charge in [-0.2, -0.15) is 0 Å². The Morgan fingerprint density at radius 3 is 2.44 bits per heavy atom. The maximum absolute atomic E-state index is 5.96. The summed E-state index contributed by atoms with van der Waals surface area (Å²) in [4.78, 5) is 6.95. The highest BCUT2D eigenvalue weighted by Crippen LogP contribution is 2.25. The molecule has 1 atom stereocenters. The van der Waals surface area contributed by atoms with Crippen molar-refractivity contribution < 1.29 is 4.74 Å². The number of hydrogen-bond acceptors (Lipinski definition) is 5. The first-order chi connectivity index (χ1) is 13.1. The molecular weight excluding hydrogens is 378 g/mol. The second-order valence-corrected chi connectivity index (χ2v) is 7.83. The van der Waals surface area contributed by atoms with Crippen LogP contribution in [0.4, 0.5) is 0 Å². The lowest BCUT2D eigenvalue weighted by atomic mass is 10.1. The molecule has 1 heterocycles. The lowest BCUT2D eigenvalue weighted by Crippen LogP contribution is -2.30. The Hall–Kier alpha value is -1.92. The minimum Gasteiger partial charge on any atom is -0.497 e. The van der Waals surface area contributed by atoms with Gasteiger partial charge in [-0.05, 0) is 43.9 Å². The molecule has 0 radical (unpaired) electrons. The molecule has 27 heavy (non-hydrogen) atoms. The van der Waals surface area contributed by atoms with Gasteiger partial charge in [0.15, 0.2) is 0 Å². The van der Waals surface area contributed by atoms with E-state index in [0.717, 1.165) is 40.1 Å². The molecule has 2 aromatic carbocycles. The maximum atomic E-state index is 5.96. The zero-order valence-corrected chi connectivity index (χ0v) is 17.3. The summed E-state index contributed by atoms with van der Waals surface area (Å²) in [5.41, 5.74) is 3.41. The van der Waals surface area contributed by atoms with E-state index in [-0.39, 0.29) is 6.04 Å². The van der Waals surface area contributed by atoms with Gasteiger partial charge in [-0.15, -0.1) is 11.3 Å². The van der Waals surface area contributed by atoms with Gasteiger partial charge in [0.1, 0.15) is 10.8 Å². The second kappa shape index (κ2) is 9.33. The topological polar surface area (TPSA) is 37.4 Å². The van der Waals surface area contributed by atoms with Crippen LogP contribution in [-0.4, -0.2) is 37.6 Å². The molecule has 6 heteroatoms. The molecule has 0 aliphatic rings. The first-order valence-corrected chi connectivity index (χ1v) is 10.0. The van der Waals surface area contributed by atoms with Crippen molar-refractivity contribution >= 4 is 22.9 Å². The largest absolute Gasteiger partial charge is 0.497 e. The van der Waals surface area contributed by atoms with Crippen molar-refractivity contribution in [1.82, 2.24) is 15.2 Å². The zero-order chi connectivity index (χ0) is 19.2. The number of nitrogens with zero attached hydrogens (tertiary/aromatic N) is 2. The van der Waals surface area contributed by atoms with E-state index in [9.17, 15) is 0 Å². The molecule has 0 bridgehead atoms. The van der Waals surface area contributed by atoms with Crippen LogP contribution in [0, 0.1) is 0 Å². The highest BCUT2D eigenvalue weighted by Gasteiger charge is 2.14. The minimum absolute atomic E-state index is 0.283. The predicted octanol–water partition coefficient (Wildman–Crippen LogP) is 4.86. The van der Waals surface area contributed by atoms with E-state index in [1.807, 2.05) is 36.4 Å². The SMILES string of the molecule is COc1ccc([C@@H](CNCc2csc(-c3ccc(Cl)cc3)n2)N(C)C)cc1. The third-order valence-corrected chi connectivity index (χ3v) is 5.60. The molecule has 0 spiro atoms. The zero-order valence-electron chi connectivity index (χ0n) is 15.8. The number of thiazole rings is 1. The van der Waals surface area contributed by atoms with E-state index in [4.69, 9.17) is 21.3 Å². The quantitative estimate of drug-likeness (QED) is 0.584. The van der Waals surface area contributed by atoms with Crippen LogP contribution in [0.15, 0.2) is 53.9 Å². The minimum atomic E-state index is 0.283. The fraction of sp³-hybridized carbons (Fsp3) is 0.286. The normalized spacial score (nSPS) is 12.3. The lowest BCUT2D eigenvalue weighted by molar-refractivity contribution is 0.288. The van der Waals surface area contributed by atoms with Gasteiger partial charge >= 0.3 is 0 Å². The van der Waals surface area contributed by atoms with Crippen LogP contribution in [-0.2, 0) is 6.54 Å². The van der Waals surface area contributed by atoms with Crippen LogP contribution < -0.4 is 10.1 Å². The summed E-state index contributed by atoms with van der Waals surface area (Å²) in [5.74, 6) is 0.876. The van der Waals surface area contributed by atoms with E-state index < -0.39 is 0 Å². The first-order valence-electron chi connectivity index (χ1n) is 8.78. The van der Waals surface area contributed by atoms with Gasteiger partial charge in [0, 0.05) is 35.1 Å². The molecule has 142 valence electrons. The van der Waals surface area contributed by atoms with Gasteiger partial charge in [-0.25, -0.2) is 4.98 Å². The summed E-state index contributed by atoms with van der Waals surface area (Å²) in [7, 11) is 5.88. The Kier molecular flexibility index (Phi) is 6.85. The standard InChI is InChI=1S/C21H24ClN3OS/c1-25(2)20(15-6-10-19(26-3)11-7-15)13-23-12-18-14-27-21(24-18)16-4-8-17(22)9-5-16/h4-11,14,20,23H,12-13H2,1-3H3/t20-/m1/s1. The number of ether oxygens (including phenoxy) is 1. The third-order valence-electron chi connectivity index (χ3n) is 4.41. The van der Waals surface area contributed by atoms with Crippen LogP contribution >= 0.6 is 22.9 Å². The summed E-state index contributed by atoms with van der Waals surface area (Å²) in [6, 6.07) is 16.3. The van der Waals surface area contributed by atoms with Gasteiger partial charge in [-0.3, -0.25) is 0 Å². The lowest BCUT2D eigenvalue weighted by Gasteiger charge is -2.25. The van der Waals surface area contributed by atoms with Crippen molar-refractivity contribution in [2.75, 3.05) is 27.7 Å². The Bertz CT molecular complexity index is 847. The molecule has 3 aromatic rings. The first kappa shape index (κ1) is 19.8. The van der Waals surface area contributed by atoms with Crippen molar-refractivity contribution in [2.45, 2.75) is 12.6 Å². The Labute approximate surface area is 169 Å². The molecule has 1 N–H and O–H groups in total. The van der Waals surface area contributed by atoms with Gasteiger partial charge in [-0.1, -0.05) is 35.9 Å². The predicted molar refractivity (Wildman–Crippen MR) is 114 cm³/mol. The fourth-order valence-electron chi connectivity index (χ4n) is 2.87. The van der Waals surface area contributed by atoms with E-state index in [1.165, 1.54) is 5.56 Å². The van der Waals surface area contributed by atoms with E-state index in [2.05, 4.69) is 41.8 Å². The smallest absolute Gasteiger partial charge is 0.123 e. The number of halogens is 1. The molecule has 0 unspecified atom stereocenters. The van der Waals surface area contributed by atoms with Crippen molar-refractivity contribution in [3.8, 4) is 16.3 Å². The van der Waals surface area contributed by atoms with E-state index >= 15 is 0 Å². The molecule has 3 rings (SSSR count). The number of nitrogens with one attached hydrogen (secondary N) is 1. The van der Waals surface area contributed by atoms with E-state index in [1.54, 1.807) is 18.4 Å². The van der Waals surface area contributed by atoms with Crippen LogP contribution in [0.5, 0.6) is 5.75 Å². The average Bonchev–Trinajstić information content (AvgIpc) is 3.14. The second-order valence-electron chi connectivity index (χ2n) is 6.53. The summed E-state index contributed by atoms with van der Waals surface area (Å²) in [5, 5.41) is 7.40. The van der Waals surface area contributed by atoms with Gasteiger partial charge in [0.2, 0.25) is 0 Å². The highest BCUT2D eigenvalue weighted by molar-refractivity contribution is 7.13. The Morgan fingerprint density at radius 2 is 1.81 bits per heavy atom. The molecule has 0 saturated heterocycles. The summed E-state index contributed by atoms with van der Waals surface area (Å²) >= 11 is 7.61. The monoisotopic (exact) mass is 401 g/mol. The molecule has 0 fully saturated rings. The number of hydrogen-bond donors (Lipinski definition) is 1. The number of rotatable bonds is 8. The van der Waals surface area contributed by atoms with Gasteiger partial charge in [0.05, 0.1) is 12.8 Å². The van der Waals surface area contributed by atoms with Gasteiger partial charge < -0.3 is 15.0 Å². The third kappa shape index (κ3) is 5.30. The Balaban J connectivity index is 1.59. The molecule has 0 saturated carbocycles. The average molecular weight is 402 g/mol. The van der Waals surface area contributed by atoms with Crippen LogP contribution in [0.1, 0.15) is 17.3 Å². The summed E-state index contributed by atoms with van der Waals surface area (Å²) in [6.07, 6.45) is 0. The van der Waals surface area contributed by atoms with Crippen LogP contribution in [0.3, 0.4) is 0 Å².